The van der Waals surface area contributed by atoms with Crippen molar-refractivity contribution in [3.63, 3.8) is 0 Å². The molecule has 8 heteroatoms. The van der Waals surface area contributed by atoms with E-state index in [4.69, 9.17) is 22.9 Å². The van der Waals surface area contributed by atoms with Crippen LogP contribution in [0.25, 0.3) is 0 Å². The van der Waals surface area contributed by atoms with Gasteiger partial charge in [-0.05, 0) is 32.1 Å². The molecule has 0 saturated heterocycles. The summed E-state index contributed by atoms with van der Waals surface area (Å²) < 4.78 is 0. The second kappa shape index (κ2) is 22.2. The summed E-state index contributed by atoms with van der Waals surface area (Å²) in [5.74, 6) is 0.695. The first kappa shape index (κ1) is 30.0. The predicted molar refractivity (Wildman–Crippen MR) is 137 cm³/mol. The molecule has 1 amide bonds. The number of hydrogen-bond donors (Lipinski definition) is 4. The molecule has 0 aliphatic rings. The van der Waals surface area contributed by atoms with Crippen molar-refractivity contribution in [2.45, 2.75) is 110 Å². The summed E-state index contributed by atoms with van der Waals surface area (Å²) in [7, 11) is 0. The molecule has 0 bridgehead atoms. The Labute approximate surface area is 196 Å². The van der Waals surface area contributed by atoms with Crippen LogP contribution < -0.4 is 22.9 Å². The monoisotopic (exact) mass is 453 g/mol. The lowest BCUT2D eigenvalue weighted by molar-refractivity contribution is -0.131. The van der Waals surface area contributed by atoms with Crippen molar-refractivity contribution in [1.82, 2.24) is 4.90 Å². The average molecular weight is 454 g/mol. The van der Waals surface area contributed by atoms with Gasteiger partial charge in [-0.2, -0.15) is 0 Å². The van der Waals surface area contributed by atoms with Gasteiger partial charge in [0.05, 0.1) is 0 Å². The minimum Gasteiger partial charge on any atom is -0.370 e. The van der Waals surface area contributed by atoms with Crippen molar-refractivity contribution < 1.29 is 4.79 Å². The Morgan fingerprint density at radius 2 is 1.00 bits per heavy atom. The van der Waals surface area contributed by atoms with Crippen molar-refractivity contribution in [1.29, 1.82) is 0 Å². The van der Waals surface area contributed by atoms with Crippen LogP contribution in [0.1, 0.15) is 110 Å². The minimum absolute atomic E-state index is 0.177. The van der Waals surface area contributed by atoms with Gasteiger partial charge in [0.2, 0.25) is 5.91 Å². The maximum atomic E-state index is 12.7. The number of unbranched alkanes of at least 4 members (excludes halogenated alkanes) is 12. The molecule has 188 valence electrons. The third-order valence-corrected chi connectivity index (χ3v) is 5.61. The van der Waals surface area contributed by atoms with Crippen LogP contribution >= 0.6 is 0 Å². The Bertz CT molecular complexity index is 467. The van der Waals surface area contributed by atoms with Crippen LogP contribution in [-0.2, 0) is 4.79 Å². The lowest BCUT2D eigenvalue weighted by atomic mass is 10.1. The van der Waals surface area contributed by atoms with Crippen molar-refractivity contribution >= 4 is 17.8 Å². The molecule has 0 unspecified atom stereocenters. The van der Waals surface area contributed by atoms with Gasteiger partial charge in [-0.25, -0.2) is 0 Å². The Morgan fingerprint density at radius 1 is 0.594 bits per heavy atom. The van der Waals surface area contributed by atoms with Crippen LogP contribution in [0.2, 0.25) is 0 Å². The first-order valence-electron chi connectivity index (χ1n) is 12.9. The predicted octanol–water partition coefficient (Wildman–Crippen LogP) is 3.62. The molecule has 0 aliphatic carbocycles. The zero-order valence-corrected chi connectivity index (χ0v) is 20.7. The van der Waals surface area contributed by atoms with Crippen LogP contribution in [-0.4, -0.2) is 48.9 Å². The van der Waals surface area contributed by atoms with Crippen molar-refractivity contribution in [2.75, 3.05) is 26.2 Å². The van der Waals surface area contributed by atoms with E-state index < -0.39 is 0 Å². The van der Waals surface area contributed by atoms with E-state index in [0.29, 0.717) is 12.3 Å². The zero-order valence-electron chi connectivity index (χ0n) is 20.7. The Hall–Kier alpha value is -1.99. The van der Waals surface area contributed by atoms with E-state index in [1.54, 1.807) is 0 Å². The van der Waals surface area contributed by atoms with E-state index in [1.807, 2.05) is 0 Å². The summed E-state index contributed by atoms with van der Waals surface area (Å²) in [5.41, 5.74) is 21.3. The molecule has 8 N–H and O–H groups in total. The van der Waals surface area contributed by atoms with Gasteiger partial charge < -0.3 is 27.8 Å². The molecule has 0 radical (unpaired) electrons. The van der Waals surface area contributed by atoms with E-state index in [-0.39, 0.29) is 11.9 Å². The number of carbonyl (C=O) groups is 1. The highest BCUT2D eigenvalue weighted by atomic mass is 16.2. The Morgan fingerprint density at radius 3 is 1.41 bits per heavy atom. The lowest BCUT2D eigenvalue weighted by Crippen LogP contribution is -2.32. The Kier molecular flexibility index (Phi) is 20.8. The Balaban J connectivity index is 3.99. The smallest absolute Gasteiger partial charge is 0.222 e. The fourth-order valence-electron chi connectivity index (χ4n) is 3.71. The molecule has 0 aromatic carbocycles. The van der Waals surface area contributed by atoms with Crippen LogP contribution in [0.3, 0.4) is 0 Å². The van der Waals surface area contributed by atoms with Gasteiger partial charge in [-0.1, -0.05) is 71.1 Å². The quantitative estimate of drug-likeness (QED) is 0.112. The number of rotatable bonds is 22. The second-order valence-corrected chi connectivity index (χ2v) is 8.69. The fourth-order valence-corrected chi connectivity index (χ4v) is 3.71. The van der Waals surface area contributed by atoms with Crippen LogP contribution in [0, 0.1) is 0 Å². The molecule has 0 saturated carbocycles. The number of nitrogens with two attached hydrogens (primary N) is 4. The summed E-state index contributed by atoms with van der Waals surface area (Å²) in [5, 5.41) is 0. The standard InChI is InChI=1S/C24H51N7O/c1-2-3-12-17-22(32)31(20-15-10-6-4-8-13-18-29-23(25)26)21-16-11-7-5-9-14-19-30-24(27)28/h2-21H2,1H3,(H4,25,26,29)(H4,27,28,30). The lowest BCUT2D eigenvalue weighted by Gasteiger charge is -2.23. The normalized spacial score (nSPS) is 10.7. The molecule has 8 nitrogen and oxygen atoms in total. The first-order valence-corrected chi connectivity index (χ1v) is 12.9. The summed E-state index contributed by atoms with van der Waals surface area (Å²) >= 11 is 0. The highest BCUT2D eigenvalue weighted by Gasteiger charge is 2.12. The van der Waals surface area contributed by atoms with Gasteiger partial charge in [-0.15, -0.1) is 0 Å². The van der Waals surface area contributed by atoms with E-state index in [2.05, 4.69) is 21.8 Å². The molecule has 0 aliphatic heterocycles. The van der Waals surface area contributed by atoms with Crippen LogP contribution in [0.5, 0.6) is 0 Å². The molecule has 0 spiro atoms. The molecule has 0 aromatic rings. The SMILES string of the molecule is CCCCCC(=O)N(CCCCCCCCN=C(N)N)CCCCCCCCN=C(N)N. The highest BCUT2D eigenvalue weighted by molar-refractivity contribution is 5.76. The number of hydrogen-bond acceptors (Lipinski definition) is 3. The molecule has 0 heterocycles. The van der Waals surface area contributed by atoms with Gasteiger partial charge in [0, 0.05) is 32.6 Å². The van der Waals surface area contributed by atoms with Crippen LogP contribution in [0.15, 0.2) is 9.98 Å². The third-order valence-electron chi connectivity index (χ3n) is 5.61. The molecular weight excluding hydrogens is 402 g/mol. The largest absolute Gasteiger partial charge is 0.370 e. The highest BCUT2D eigenvalue weighted by Crippen LogP contribution is 2.11. The number of carbonyl (C=O) groups excluding carboxylic acids is 1. The van der Waals surface area contributed by atoms with Gasteiger partial charge >= 0.3 is 0 Å². The maximum Gasteiger partial charge on any atom is 0.222 e. The molecular formula is C24H51N7O. The molecule has 0 fully saturated rings. The topological polar surface area (TPSA) is 149 Å². The maximum absolute atomic E-state index is 12.7. The fraction of sp³-hybridized carbons (Fsp3) is 0.875. The average Bonchev–Trinajstić information content (AvgIpc) is 2.74. The van der Waals surface area contributed by atoms with Crippen molar-refractivity contribution in [3.05, 3.63) is 0 Å². The molecule has 0 atom stereocenters. The number of amides is 1. The van der Waals surface area contributed by atoms with Crippen LogP contribution in [0.4, 0.5) is 0 Å². The van der Waals surface area contributed by atoms with Crippen molar-refractivity contribution in [3.8, 4) is 0 Å². The van der Waals surface area contributed by atoms with Crippen molar-refractivity contribution in [2.24, 2.45) is 32.9 Å². The summed E-state index contributed by atoms with van der Waals surface area (Å²) in [6.45, 7) is 5.42. The van der Waals surface area contributed by atoms with E-state index in [9.17, 15) is 4.79 Å². The van der Waals surface area contributed by atoms with E-state index in [0.717, 1.165) is 84.0 Å². The van der Waals surface area contributed by atoms with E-state index >= 15 is 0 Å². The molecule has 32 heavy (non-hydrogen) atoms. The second-order valence-electron chi connectivity index (χ2n) is 8.69. The summed E-state index contributed by atoms with van der Waals surface area (Å²) in [4.78, 5) is 22.8. The van der Waals surface area contributed by atoms with E-state index in [1.165, 1.54) is 38.5 Å². The van der Waals surface area contributed by atoms with Gasteiger partial charge in [0.25, 0.3) is 0 Å². The van der Waals surface area contributed by atoms with Gasteiger partial charge in [0.15, 0.2) is 11.9 Å². The third kappa shape index (κ3) is 21.2. The zero-order chi connectivity index (χ0) is 23.9. The summed E-state index contributed by atoms with van der Waals surface area (Å²) in [6.07, 6.45) is 17.7. The van der Waals surface area contributed by atoms with Gasteiger partial charge in [0.1, 0.15) is 0 Å². The molecule has 0 rings (SSSR count). The number of guanidine groups is 2. The van der Waals surface area contributed by atoms with Gasteiger partial charge in [-0.3, -0.25) is 14.8 Å². The summed E-state index contributed by atoms with van der Waals surface area (Å²) in [6, 6.07) is 0. The minimum atomic E-state index is 0.177. The molecule has 0 aromatic heterocycles. The number of nitrogens with zero attached hydrogens (tertiary/aromatic N) is 3. The number of aliphatic imine (C=N–C) groups is 2. The first-order chi connectivity index (χ1) is 15.5.